The third-order valence-corrected chi connectivity index (χ3v) is 4.27. The van der Waals surface area contributed by atoms with E-state index in [1.54, 1.807) is 20.3 Å². The number of ether oxygens (including phenoxy) is 2. The number of nitrogens with one attached hydrogen (secondary N) is 1. The number of anilines is 1. The lowest BCUT2D eigenvalue weighted by Crippen LogP contribution is -2.43. The van der Waals surface area contributed by atoms with Crippen LogP contribution < -0.4 is 14.8 Å². The first-order valence-corrected chi connectivity index (χ1v) is 6.79. The Labute approximate surface area is 113 Å². The maximum atomic E-state index is 12.8. The monoisotopic (exact) mass is 261 g/mol. The van der Waals surface area contributed by atoms with Gasteiger partial charge in [-0.25, -0.2) is 0 Å². The standard InChI is InChI=1S/C15H19NO3/c1-18-10-8-11-13(12(9-10)19-2)14(17)15(16-11)6-4-3-5-7-15/h8-9,16H,3-7H2,1-2H3. The average molecular weight is 261 g/mol. The highest BCUT2D eigenvalue weighted by Crippen LogP contribution is 2.46. The molecule has 1 aromatic rings. The van der Waals surface area contributed by atoms with Crippen LogP contribution in [0.25, 0.3) is 0 Å². The predicted octanol–water partition coefficient (Wildman–Crippen LogP) is 3.01. The van der Waals surface area contributed by atoms with Gasteiger partial charge in [0.15, 0.2) is 5.78 Å². The molecule has 4 nitrogen and oxygen atoms in total. The van der Waals surface area contributed by atoms with Gasteiger partial charge in [-0.2, -0.15) is 0 Å². The zero-order valence-electron chi connectivity index (χ0n) is 11.4. The molecule has 1 saturated carbocycles. The zero-order chi connectivity index (χ0) is 13.5. The van der Waals surface area contributed by atoms with Crippen LogP contribution in [0.5, 0.6) is 11.5 Å². The molecular weight excluding hydrogens is 242 g/mol. The van der Waals surface area contributed by atoms with Crippen LogP contribution in [0.15, 0.2) is 12.1 Å². The van der Waals surface area contributed by atoms with Crippen LogP contribution in [-0.2, 0) is 0 Å². The number of ketones is 1. The lowest BCUT2D eigenvalue weighted by molar-refractivity contribution is 0.0883. The van der Waals surface area contributed by atoms with Crippen molar-refractivity contribution in [1.29, 1.82) is 0 Å². The normalized spacial score (nSPS) is 20.0. The molecule has 0 atom stereocenters. The second-order valence-electron chi connectivity index (χ2n) is 5.35. The number of carbonyl (C=O) groups excluding carboxylic acids is 1. The first-order valence-electron chi connectivity index (χ1n) is 6.79. The second-order valence-corrected chi connectivity index (χ2v) is 5.35. The van der Waals surface area contributed by atoms with Gasteiger partial charge in [0.25, 0.3) is 0 Å². The minimum absolute atomic E-state index is 0.182. The Morgan fingerprint density at radius 3 is 2.47 bits per heavy atom. The predicted molar refractivity (Wildman–Crippen MR) is 73.3 cm³/mol. The van der Waals surface area contributed by atoms with Crippen LogP contribution in [0.4, 0.5) is 5.69 Å². The van der Waals surface area contributed by atoms with E-state index in [-0.39, 0.29) is 5.78 Å². The van der Waals surface area contributed by atoms with Gasteiger partial charge in [0.05, 0.1) is 25.5 Å². The van der Waals surface area contributed by atoms with Gasteiger partial charge < -0.3 is 14.8 Å². The molecule has 19 heavy (non-hydrogen) atoms. The molecule has 1 aromatic carbocycles. The molecule has 0 bridgehead atoms. The van der Waals surface area contributed by atoms with E-state index >= 15 is 0 Å². The molecule has 3 rings (SSSR count). The van der Waals surface area contributed by atoms with E-state index in [2.05, 4.69) is 5.32 Å². The van der Waals surface area contributed by atoms with Crippen molar-refractivity contribution in [2.75, 3.05) is 19.5 Å². The summed E-state index contributed by atoms with van der Waals surface area (Å²) >= 11 is 0. The molecule has 0 unspecified atom stereocenters. The smallest absolute Gasteiger partial charge is 0.193 e. The minimum atomic E-state index is -0.403. The van der Waals surface area contributed by atoms with E-state index in [4.69, 9.17) is 9.47 Å². The lowest BCUT2D eigenvalue weighted by Gasteiger charge is -2.32. The summed E-state index contributed by atoms with van der Waals surface area (Å²) in [6.45, 7) is 0. The molecule has 1 fully saturated rings. The number of hydrogen-bond acceptors (Lipinski definition) is 4. The van der Waals surface area contributed by atoms with E-state index < -0.39 is 5.54 Å². The summed E-state index contributed by atoms with van der Waals surface area (Å²) < 4.78 is 10.6. The fourth-order valence-corrected chi connectivity index (χ4v) is 3.26. The SMILES string of the molecule is COc1cc2c(c(OC)c1)C(=O)C1(CCCCC1)N2. The van der Waals surface area contributed by atoms with Crippen molar-refractivity contribution in [3.8, 4) is 11.5 Å². The second kappa shape index (κ2) is 4.44. The Morgan fingerprint density at radius 2 is 1.84 bits per heavy atom. The summed E-state index contributed by atoms with van der Waals surface area (Å²) in [7, 11) is 3.21. The van der Waals surface area contributed by atoms with E-state index in [0.717, 1.165) is 31.4 Å². The summed E-state index contributed by atoms with van der Waals surface area (Å²) in [6, 6.07) is 3.67. The number of methoxy groups -OCH3 is 2. The number of hydrogen-bond donors (Lipinski definition) is 1. The number of Topliss-reactive ketones (excluding diaryl/α,β-unsaturated/α-hetero) is 1. The topological polar surface area (TPSA) is 47.6 Å². The fraction of sp³-hybridized carbons (Fsp3) is 0.533. The van der Waals surface area contributed by atoms with Crippen LogP contribution in [0, 0.1) is 0 Å². The molecule has 0 radical (unpaired) electrons. The molecule has 2 aliphatic rings. The first kappa shape index (κ1) is 12.3. The highest BCUT2D eigenvalue weighted by atomic mass is 16.5. The van der Waals surface area contributed by atoms with Crippen molar-refractivity contribution >= 4 is 11.5 Å². The van der Waals surface area contributed by atoms with Crippen molar-refractivity contribution in [3.05, 3.63) is 17.7 Å². The number of carbonyl (C=O) groups is 1. The molecule has 0 aromatic heterocycles. The summed E-state index contributed by atoms with van der Waals surface area (Å²) in [5.41, 5.74) is 1.13. The molecule has 0 saturated heterocycles. The Bertz CT molecular complexity index is 518. The molecule has 4 heteroatoms. The van der Waals surface area contributed by atoms with Crippen LogP contribution in [-0.4, -0.2) is 25.5 Å². The molecule has 0 amide bonds. The van der Waals surface area contributed by atoms with Crippen molar-refractivity contribution in [2.45, 2.75) is 37.6 Å². The van der Waals surface area contributed by atoms with Crippen LogP contribution in [0.3, 0.4) is 0 Å². The van der Waals surface area contributed by atoms with Crippen LogP contribution in [0.1, 0.15) is 42.5 Å². The Balaban J connectivity index is 2.07. The van der Waals surface area contributed by atoms with Gasteiger partial charge in [-0.1, -0.05) is 19.3 Å². The van der Waals surface area contributed by atoms with E-state index in [1.165, 1.54) is 6.42 Å². The summed E-state index contributed by atoms with van der Waals surface area (Å²) in [5.74, 6) is 1.50. The van der Waals surface area contributed by atoms with Gasteiger partial charge in [0.2, 0.25) is 0 Å². The maximum Gasteiger partial charge on any atom is 0.193 e. The third kappa shape index (κ3) is 1.78. The Morgan fingerprint density at radius 1 is 1.11 bits per heavy atom. The van der Waals surface area contributed by atoms with Gasteiger partial charge in [-0.15, -0.1) is 0 Å². The lowest BCUT2D eigenvalue weighted by atomic mass is 9.79. The summed E-state index contributed by atoms with van der Waals surface area (Å²) in [5, 5.41) is 3.44. The first-order chi connectivity index (χ1) is 9.20. The minimum Gasteiger partial charge on any atom is -0.497 e. The average Bonchev–Trinajstić information content (AvgIpc) is 2.71. The molecule has 1 spiro atoms. The van der Waals surface area contributed by atoms with Gasteiger partial charge in [-0.3, -0.25) is 4.79 Å². The Kier molecular flexibility index (Phi) is 2.88. The largest absolute Gasteiger partial charge is 0.497 e. The van der Waals surface area contributed by atoms with Gasteiger partial charge in [-0.05, 0) is 12.8 Å². The number of fused-ring (bicyclic) bond motifs is 1. The molecule has 1 N–H and O–H groups in total. The van der Waals surface area contributed by atoms with Crippen molar-refractivity contribution in [3.63, 3.8) is 0 Å². The quantitative estimate of drug-likeness (QED) is 0.889. The van der Waals surface area contributed by atoms with Gasteiger partial charge >= 0.3 is 0 Å². The molecular formula is C15H19NO3. The van der Waals surface area contributed by atoms with Gasteiger partial charge in [0.1, 0.15) is 17.0 Å². The molecule has 1 aliphatic heterocycles. The van der Waals surface area contributed by atoms with E-state index in [9.17, 15) is 4.79 Å². The highest BCUT2D eigenvalue weighted by Gasteiger charge is 2.47. The molecule has 102 valence electrons. The summed E-state index contributed by atoms with van der Waals surface area (Å²) in [4.78, 5) is 12.8. The molecule has 1 heterocycles. The van der Waals surface area contributed by atoms with Crippen LogP contribution in [0.2, 0.25) is 0 Å². The maximum absolute atomic E-state index is 12.8. The Hall–Kier alpha value is -1.71. The van der Waals surface area contributed by atoms with E-state index in [1.807, 2.05) is 6.07 Å². The van der Waals surface area contributed by atoms with Crippen molar-refractivity contribution in [1.82, 2.24) is 0 Å². The number of benzene rings is 1. The van der Waals surface area contributed by atoms with Gasteiger partial charge in [0, 0.05) is 12.1 Å². The van der Waals surface area contributed by atoms with E-state index in [0.29, 0.717) is 17.1 Å². The van der Waals surface area contributed by atoms with Crippen molar-refractivity contribution < 1.29 is 14.3 Å². The zero-order valence-corrected chi connectivity index (χ0v) is 11.4. The van der Waals surface area contributed by atoms with Crippen LogP contribution >= 0.6 is 0 Å². The highest BCUT2D eigenvalue weighted by molar-refractivity contribution is 6.15. The number of rotatable bonds is 2. The fourth-order valence-electron chi connectivity index (χ4n) is 3.26. The molecule has 1 aliphatic carbocycles. The third-order valence-electron chi connectivity index (χ3n) is 4.27. The summed E-state index contributed by atoms with van der Waals surface area (Å²) in [6.07, 6.45) is 5.24. The van der Waals surface area contributed by atoms with Crippen molar-refractivity contribution in [2.24, 2.45) is 0 Å².